The lowest BCUT2D eigenvalue weighted by Gasteiger charge is -2.14. The van der Waals surface area contributed by atoms with Gasteiger partial charge in [0.15, 0.2) is 11.6 Å². The second-order valence-electron chi connectivity index (χ2n) is 16.0. The van der Waals surface area contributed by atoms with Gasteiger partial charge in [-0.25, -0.2) is 4.98 Å². The Morgan fingerprint density at radius 3 is 1.76 bits per heavy atom. The van der Waals surface area contributed by atoms with Gasteiger partial charge in [-0.3, -0.25) is 4.57 Å². The number of aromatic nitrogens is 5. The van der Waals surface area contributed by atoms with Gasteiger partial charge in [-0.05, 0) is 71.4 Å². The molecule has 0 amide bonds. The number of para-hydroxylation sites is 4. The number of benzene rings is 9. The summed E-state index contributed by atoms with van der Waals surface area (Å²) in [5.74, 6) is 1.71. The number of hydrogen-bond acceptors (Lipinski definition) is 5. The molecule has 9 aromatic carbocycles. The van der Waals surface area contributed by atoms with Crippen molar-refractivity contribution >= 4 is 108 Å². The largest absolute Gasteiger partial charge is 0.456 e. The second-order valence-corrected chi connectivity index (χ2v) is 17.0. The van der Waals surface area contributed by atoms with Crippen LogP contribution in [0, 0.1) is 0 Å². The van der Waals surface area contributed by atoms with E-state index in [-0.39, 0.29) is 0 Å². The molecule has 0 bridgehead atoms. The average molecular weight is 810 g/mol. The summed E-state index contributed by atoms with van der Waals surface area (Å²) in [5, 5.41) is 11.5. The van der Waals surface area contributed by atoms with Crippen LogP contribution in [0.1, 0.15) is 0 Å². The van der Waals surface area contributed by atoms with E-state index in [1.54, 1.807) is 11.3 Å². The summed E-state index contributed by atoms with van der Waals surface area (Å²) in [6, 6.07) is 66.6. The van der Waals surface area contributed by atoms with Crippen LogP contribution in [0.2, 0.25) is 0 Å². The normalized spacial score (nSPS) is 12.2. The SMILES string of the molecule is c1ccc2cc3c(cc2c1)c1ccccc1n3-c1cc(-c2nc(-c3cccc4sc5ccccc5c34)nc(-n3c4ccccc4c4ccccc43)n2)cc2oc3ccccc3c12. The van der Waals surface area contributed by atoms with Crippen molar-refractivity contribution in [3.8, 4) is 34.4 Å². The Bertz CT molecular complexity index is 4130. The van der Waals surface area contributed by atoms with E-state index >= 15 is 0 Å². The number of hydrogen-bond donors (Lipinski definition) is 0. The first-order valence-electron chi connectivity index (χ1n) is 20.8. The molecule has 0 aliphatic carbocycles. The molecule has 0 fully saturated rings. The van der Waals surface area contributed by atoms with Crippen LogP contribution in [0.15, 0.2) is 192 Å². The maximum Gasteiger partial charge on any atom is 0.238 e. The summed E-state index contributed by atoms with van der Waals surface area (Å²) in [4.78, 5) is 16.3. The van der Waals surface area contributed by atoms with E-state index in [0.29, 0.717) is 17.6 Å². The van der Waals surface area contributed by atoms with Gasteiger partial charge in [0.2, 0.25) is 5.95 Å². The van der Waals surface area contributed by atoms with Crippen LogP contribution in [0.5, 0.6) is 0 Å². The molecule has 288 valence electrons. The fourth-order valence-corrected chi connectivity index (χ4v) is 11.0. The Kier molecular flexibility index (Phi) is 6.89. The lowest BCUT2D eigenvalue weighted by atomic mass is 10.0. The van der Waals surface area contributed by atoms with Gasteiger partial charge in [-0.2, -0.15) is 9.97 Å². The molecule has 0 aliphatic heterocycles. The molecule has 6 nitrogen and oxygen atoms in total. The predicted molar refractivity (Wildman–Crippen MR) is 257 cm³/mol. The molecular formula is C55H31N5OS. The highest BCUT2D eigenvalue weighted by molar-refractivity contribution is 7.25. The van der Waals surface area contributed by atoms with Crippen molar-refractivity contribution in [3.63, 3.8) is 0 Å². The molecule has 0 radical (unpaired) electrons. The van der Waals surface area contributed by atoms with Crippen molar-refractivity contribution in [2.75, 3.05) is 0 Å². The minimum Gasteiger partial charge on any atom is -0.456 e. The van der Waals surface area contributed by atoms with Crippen LogP contribution in [-0.4, -0.2) is 24.1 Å². The predicted octanol–water partition coefficient (Wildman–Crippen LogP) is 14.8. The molecule has 0 aliphatic rings. The zero-order valence-electron chi connectivity index (χ0n) is 33.0. The molecule has 62 heavy (non-hydrogen) atoms. The van der Waals surface area contributed by atoms with E-state index in [4.69, 9.17) is 19.4 Å². The Hall–Kier alpha value is -8.13. The number of furan rings is 1. The molecular weight excluding hydrogens is 779 g/mol. The van der Waals surface area contributed by atoms with Crippen molar-refractivity contribution in [3.05, 3.63) is 188 Å². The van der Waals surface area contributed by atoms with Gasteiger partial charge in [-0.15, -0.1) is 11.3 Å². The molecule has 14 aromatic rings. The molecule has 5 aromatic heterocycles. The zero-order chi connectivity index (χ0) is 40.5. The average Bonchev–Trinajstić information content (AvgIpc) is 4.08. The zero-order valence-corrected chi connectivity index (χ0v) is 33.8. The summed E-state index contributed by atoms with van der Waals surface area (Å²) in [6.45, 7) is 0. The molecule has 0 unspecified atom stereocenters. The van der Waals surface area contributed by atoms with E-state index in [0.717, 1.165) is 77.0 Å². The van der Waals surface area contributed by atoms with Gasteiger partial charge in [0.25, 0.3) is 0 Å². The minimum atomic E-state index is 0.550. The third-order valence-electron chi connectivity index (χ3n) is 12.5. The van der Waals surface area contributed by atoms with Crippen LogP contribution < -0.4 is 0 Å². The maximum atomic E-state index is 6.79. The van der Waals surface area contributed by atoms with Crippen LogP contribution in [-0.2, 0) is 0 Å². The number of nitrogens with zero attached hydrogens (tertiary/aromatic N) is 5. The van der Waals surface area contributed by atoms with Gasteiger partial charge in [0.1, 0.15) is 11.2 Å². The first-order chi connectivity index (χ1) is 30.7. The summed E-state index contributed by atoms with van der Waals surface area (Å²) in [6.07, 6.45) is 0. The van der Waals surface area contributed by atoms with E-state index in [1.165, 1.54) is 36.3 Å². The Labute approximate surface area is 357 Å². The highest BCUT2D eigenvalue weighted by Crippen LogP contribution is 2.43. The molecule has 0 saturated carbocycles. The Balaban J connectivity index is 1.12. The molecule has 0 spiro atoms. The summed E-state index contributed by atoms with van der Waals surface area (Å²) >= 11 is 1.79. The number of fused-ring (bicyclic) bond motifs is 13. The first-order valence-corrected chi connectivity index (χ1v) is 21.6. The third-order valence-corrected chi connectivity index (χ3v) is 13.7. The fourth-order valence-electron chi connectivity index (χ4n) is 9.87. The standard InChI is InChI=1S/C55H31N5OS/c1-2-15-33-29-45-41(28-32(33)14-1)37-18-5-8-22-42(37)59(45)46-30-34(31-48-52(46)38-19-6-11-25-47(38)61-48)53-56-54(40-21-13-27-50-51(40)39-20-7-12-26-49(39)62-50)58-55(57-53)60-43-23-9-3-16-35(43)36-17-4-10-24-44(36)60/h1-31H. The lowest BCUT2D eigenvalue weighted by molar-refractivity contribution is 0.669. The van der Waals surface area contributed by atoms with Gasteiger partial charge < -0.3 is 8.98 Å². The highest BCUT2D eigenvalue weighted by atomic mass is 32.1. The van der Waals surface area contributed by atoms with E-state index < -0.39 is 0 Å². The topological polar surface area (TPSA) is 61.7 Å². The van der Waals surface area contributed by atoms with Crippen molar-refractivity contribution in [1.29, 1.82) is 0 Å². The molecule has 0 N–H and O–H groups in total. The molecule has 0 saturated heterocycles. The fraction of sp³-hybridized carbons (Fsp3) is 0. The number of rotatable bonds is 4. The van der Waals surface area contributed by atoms with Crippen LogP contribution in [0.3, 0.4) is 0 Å². The smallest absolute Gasteiger partial charge is 0.238 e. The Morgan fingerprint density at radius 2 is 0.984 bits per heavy atom. The maximum absolute atomic E-state index is 6.79. The van der Waals surface area contributed by atoms with Crippen LogP contribution >= 0.6 is 11.3 Å². The molecule has 14 rings (SSSR count). The lowest BCUT2D eigenvalue weighted by Crippen LogP contribution is -2.07. The third kappa shape index (κ3) is 4.76. The van der Waals surface area contributed by atoms with E-state index in [2.05, 4.69) is 185 Å². The summed E-state index contributed by atoms with van der Waals surface area (Å²) < 4.78 is 13.8. The minimum absolute atomic E-state index is 0.550. The van der Waals surface area contributed by atoms with Crippen molar-refractivity contribution < 1.29 is 4.42 Å². The van der Waals surface area contributed by atoms with Crippen LogP contribution in [0.25, 0.3) is 131 Å². The molecule has 7 heteroatoms. The van der Waals surface area contributed by atoms with Crippen LogP contribution in [0.4, 0.5) is 0 Å². The van der Waals surface area contributed by atoms with Gasteiger partial charge in [0.05, 0.1) is 33.1 Å². The van der Waals surface area contributed by atoms with Crippen molar-refractivity contribution in [2.24, 2.45) is 0 Å². The van der Waals surface area contributed by atoms with Crippen molar-refractivity contribution in [1.82, 2.24) is 24.1 Å². The van der Waals surface area contributed by atoms with Gasteiger partial charge in [0, 0.05) is 58.2 Å². The Morgan fingerprint density at radius 1 is 0.387 bits per heavy atom. The second kappa shape index (κ2) is 12.7. The van der Waals surface area contributed by atoms with Gasteiger partial charge in [-0.1, -0.05) is 127 Å². The highest BCUT2D eigenvalue weighted by Gasteiger charge is 2.24. The van der Waals surface area contributed by atoms with E-state index in [9.17, 15) is 0 Å². The number of thiophene rings is 1. The summed E-state index contributed by atoms with van der Waals surface area (Å²) in [7, 11) is 0. The van der Waals surface area contributed by atoms with Gasteiger partial charge >= 0.3 is 0 Å². The molecule has 0 atom stereocenters. The van der Waals surface area contributed by atoms with Crippen molar-refractivity contribution in [2.45, 2.75) is 0 Å². The van der Waals surface area contributed by atoms with E-state index in [1.807, 2.05) is 12.1 Å². The quantitative estimate of drug-likeness (QED) is 0.178. The molecule has 5 heterocycles. The monoisotopic (exact) mass is 809 g/mol. The summed E-state index contributed by atoms with van der Waals surface area (Å²) in [5.41, 5.74) is 8.66. The first kappa shape index (κ1) is 33.7.